The summed E-state index contributed by atoms with van der Waals surface area (Å²) in [7, 11) is -7.47. The van der Waals surface area contributed by atoms with Gasteiger partial charge >= 0.3 is 0 Å². The van der Waals surface area contributed by atoms with Gasteiger partial charge in [-0.05, 0) is 30.2 Å². The molecule has 0 unspecified atom stereocenters. The Morgan fingerprint density at radius 1 is 1.26 bits per heavy atom. The van der Waals surface area contributed by atoms with Crippen molar-refractivity contribution in [1.29, 1.82) is 0 Å². The minimum atomic E-state index is -3.88. The van der Waals surface area contributed by atoms with Crippen LogP contribution in [0.2, 0.25) is 0 Å². The van der Waals surface area contributed by atoms with E-state index in [4.69, 9.17) is 0 Å². The fourth-order valence-corrected chi connectivity index (χ4v) is 5.12. The van der Waals surface area contributed by atoms with Crippen LogP contribution in [0, 0.1) is 0 Å². The number of hydrogen-bond donors (Lipinski definition) is 2. The monoisotopic (exact) mass is 304 g/mol. The van der Waals surface area contributed by atoms with Crippen LogP contribution in [-0.2, 0) is 32.8 Å². The molecule has 0 aromatic heterocycles. The first-order chi connectivity index (χ1) is 8.77. The van der Waals surface area contributed by atoms with Gasteiger partial charge in [-0.2, -0.15) is 0 Å². The molecule has 106 valence electrons. The third-order valence-corrected chi connectivity index (χ3v) is 6.26. The highest BCUT2D eigenvalue weighted by Crippen LogP contribution is 2.24. The number of sulfone groups is 1. The molecule has 2 N–H and O–H groups in total. The maximum Gasteiger partial charge on any atom is 0.247 e. The fraction of sp³-hybridized carbons (Fsp3) is 0.455. The number of benzene rings is 1. The highest BCUT2D eigenvalue weighted by Gasteiger charge is 2.21. The summed E-state index contributed by atoms with van der Waals surface area (Å²) in [6.45, 7) is 1.47. The quantitative estimate of drug-likeness (QED) is 0.821. The maximum atomic E-state index is 11.8. The third kappa shape index (κ3) is 3.92. The number of sulfonamides is 1. The Bertz CT molecular complexity index is 681. The predicted octanol–water partition coefficient (Wildman–Crippen LogP) is 0.0761. The molecule has 0 atom stereocenters. The molecule has 0 aliphatic carbocycles. The van der Waals surface area contributed by atoms with E-state index in [1.165, 1.54) is 0 Å². The van der Waals surface area contributed by atoms with Crippen LogP contribution < -0.4 is 10.0 Å². The van der Waals surface area contributed by atoms with Gasteiger partial charge in [0, 0.05) is 12.8 Å². The summed E-state index contributed by atoms with van der Waals surface area (Å²) in [5, 5.41) is 2.30. The number of nitrogens with one attached hydrogen (secondary N) is 2. The van der Waals surface area contributed by atoms with E-state index in [1.807, 2.05) is 6.07 Å². The average Bonchev–Trinajstić information content (AvgIpc) is 2.25. The fourth-order valence-electron chi connectivity index (χ4n) is 2.11. The first kappa shape index (κ1) is 14.3. The van der Waals surface area contributed by atoms with Gasteiger partial charge in [0.25, 0.3) is 0 Å². The van der Waals surface area contributed by atoms with E-state index in [2.05, 4.69) is 10.0 Å². The van der Waals surface area contributed by atoms with Crippen LogP contribution in [0.25, 0.3) is 0 Å². The normalized spacial score (nSPS) is 15.8. The van der Waals surface area contributed by atoms with E-state index in [0.29, 0.717) is 18.7 Å². The molecule has 1 aliphatic heterocycles. The lowest BCUT2D eigenvalue weighted by Crippen LogP contribution is -2.27. The SMILES string of the molecule is CS(=O)(=O)CS(=O)(=O)Nc1cccc2c1CCNC2. The van der Waals surface area contributed by atoms with E-state index in [0.717, 1.165) is 23.9 Å². The molecule has 1 aliphatic rings. The lowest BCUT2D eigenvalue weighted by Gasteiger charge is -2.20. The van der Waals surface area contributed by atoms with Gasteiger partial charge in [-0.15, -0.1) is 0 Å². The van der Waals surface area contributed by atoms with Crippen molar-refractivity contribution in [2.24, 2.45) is 0 Å². The Hall–Kier alpha value is -1.12. The van der Waals surface area contributed by atoms with Crippen LogP contribution in [0.4, 0.5) is 5.69 Å². The van der Waals surface area contributed by atoms with Crippen LogP contribution in [0.5, 0.6) is 0 Å². The van der Waals surface area contributed by atoms with Crippen LogP contribution in [0.15, 0.2) is 18.2 Å². The van der Waals surface area contributed by atoms with Crippen molar-refractivity contribution >= 4 is 25.5 Å². The van der Waals surface area contributed by atoms with Crippen molar-refractivity contribution in [3.8, 4) is 0 Å². The van der Waals surface area contributed by atoms with Crippen molar-refractivity contribution in [2.75, 3.05) is 22.6 Å². The van der Waals surface area contributed by atoms with Crippen molar-refractivity contribution in [3.05, 3.63) is 29.3 Å². The summed E-state index contributed by atoms with van der Waals surface area (Å²) >= 11 is 0. The lowest BCUT2D eigenvalue weighted by atomic mass is 9.99. The van der Waals surface area contributed by atoms with E-state index >= 15 is 0 Å². The number of anilines is 1. The third-order valence-electron chi connectivity index (χ3n) is 2.77. The minimum absolute atomic E-state index is 0.475. The molecule has 0 radical (unpaired) electrons. The first-order valence-electron chi connectivity index (χ1n) is 5.76. The summed E-state index contributed by atoms with van der Waals surface area (Å²) in [5.74, 6) is 0. The van der Waals surface area contributed by atoms with Crippen molar-refractivity contribution in [2.45, 2.75) is 13.0 Å². The van der Waals surface area contributed by atoms with Crippen LogP contribution in [-0.4, -0.2) is 34.7 Å². The summed E-state index contributed by atoms with van der Waals surface area (Å²) < 4.78 is 48.2. The Labute approximate surface area is 113 Å². The standard InChI is InChI=1S/C11H16N2O4S2/c1-18(14,15)8-19(16,17)13-11-4-2-3-9-7-12-6-5-10(9)11/h2-4,12-13H,5-8H2,1H3. The largest absolute Gasteiger partial charge is 0.312 e. The second-order valence-corrected chi connectivity index (χ2v) is 8.86. The number of hydrogen-bond acceptors (Lipinski definition) is 5. The summed E-state index contributed by atoms with van der Waals surface area (Å²) in [4.78, 5) is 0. The zero-order chi connectivity index (χ0) is 14.1. The van der Waals surface area contributed by atoms with E-state index in [9.17, 15) is 16.8 Å². The van der Waals surface area contributed by atoms with Gasteiger partial charge in [0.1, 0.15) is 0 Å². The predicted molar refractivity (Wildman–Crippen MR) is 74.1 cm³/mol. The zero-order valence-corrected chi connectivity index (χ0v) is 12.1. The Kier molecular flexibility index (Phi) is 3.84. The van der Waals surface area contributed by atoms with Gasteiger partial charge in [-0.3, -0.25) is 4.72 Å². The molecule has 0 fully saturated rings. The molecule has 2 rings (SSSR count). The zero-order valence-electron chi connectivity index (χ0n) is 10.5. The van der Waals surface area contributed by atoms with Crippen LogP contribution in [0.3, 0.4) is 0 Å². The van der Waals surface area contributed by atoms with Crippen LogP contribution >= 0.6 is 0 Å². The Balaban J connectivity index is 2.29. The summed E-state index contributed by atoms with van der Waals surface area (Å²) in [5.41, 5.74) is 2.44. The first-order valence-corrected chi connectivity index (χ1v) is 9.48. The Morgan fingerprint density at radius 3 is 2.68 bits per heavy atom. The smallest absolute Gasteiger partial charge is 0.247 e. The van der Waals surface area contributed by atoms with Crippen molar-refractivity contribution in [1.82, 2.24) is 5.32 Å². The maximum absolute atomic E-state index is 11.8. The molecule has 0 amide bonds. The van der Waals surface area contributed by atoms with Gasteiger partial charge < -0.3 is 5.32 Å². The molecule has 19 heavy (non-hydrogen) atoms. The number of fused-ring (bicyclic) bond motifs is 1. The molecule has 0 bridgehead atoms. The molecule has 0 saturated heterocycles. The van der Waals surface area contributed by atoms with E-state index < -0.39 is 24.9 Å². The molecule has 6 nitrogen and oxygen atoms in total. The van der Waals surface area contributed by atoms with Crippen molar-refractivity contribution < 1.29 is 16.8 Å². The molecule has 0 spiro atoms. The van der Waals surface area contributed by atoms with Gasteiger partial charge in [0.2, 0.25) is 10.0 Å². The Morgan fingerprint density at radius 2 is 2.00 bits per heavy atom. The molecule has 0 saturated carbocycles. The van der Waals surface area contributed by atoms with Gasteiger partial charge in [0.15, 0.2) is 14.9 Å². The van der Waals surface area contributed by atoms with E-state index in [1.54, 1.807) is 12.1 Å². The lowest BCUT2D eigenvalue weighted by molar-refractivity contribution is 0.594. The minimum Gasteiger partial charge on any atom is -0.312 e. The molecule has 8 heteroatoms. The van der Waals surface area contributed by atoms with Gasteiger partial charge in [0.05, 0.1) is 5.69 Å². The molecule has 1 heterocycles. The highest BCUT2D eigenvalue weighted by molar-refractivity contribution is 8.08. The summed E-state index contributed by atoms with van der Waals surface area (Å²) in [6.07, 6.45) is 1.61. The molecule has 1 aromatic carbocycles. The molecule has 1 aromatic rings. The molecular formula is C11H16N2O4S2. The van der Waals surface area contributed by atoms with Crippen molar-refractivity contribution in [3.63, 3.8) is 0 Å². The van der Waals surface area contributed by atoms with Gasteiger partial charge in [-0.25, -0.2) is 16.8 Å². The topological polar surface area (TPSA) is 92.3 Å². The second kappa shape index (κ2) is 5.10. The van der Waals surface area contributed by atoms with E-state index in [-0.39, 0.29) is 0 Å². The second-order valence-electron chi connectivity index (χ2n) is 4.63. The summed E-state index contributed by atoms with van der Waals surface area (Å²) in [6, 6.07) is 5.34. The average molecular weight is 304 g/mol. The van der Waals surface area contributed by atoms with Gasteiger partial charge in [-0.1, -0.05) is 12.1 Å². The number of rotatable bonds is 4. The highest BCUT2D eigenvalue weighted by atomic mass is 32.3. The van der Waals surface area contributed by atoms with Crippen LogP contribution in [0.1, 0.15) is 11.1 Å². The molecular weight excluding hydrogens is 288 g/mol.